The summed E-state index contributed by atoms with van der Waals surface area (Å²) in [7, 11) is 0. The number of carbonyl (C=O) groups excluding carboxylic acids is 2. The van der Waals surface area contributed by atoms with Crippen molar-refractivity contribution in [2.45, 2.75) is 39.2 Å². The number of aryl methyl sites for hydroxylation is 1. The summed E-state index contributed by atoms with van der Waals surface area (Å²) in [5.74, 6) is -1.09. The Kier molecular flexibility index (Phi) is 6.32. The van der Waals surface area contributed by atoms with E-state index in [1.807, 2.05) is 13.0 Å². The zero-order chi connectivity index (χ0) is 24.3. The van der Waals surface area contributed by atoms with Crippen LogP contribution in [0.5, 0.6) is 0 Å². The quantitative estimate of drug-likeness (QED) is 0.486. The van der Waals surface area contributed by atoms with Crippen molar-refractivity contribution in [3.8, 4) is 6.07 Å². The molecular formula is C25H23FN6O2. The molecule has 3 aromatic rings. The average molecular weight is 458 g/mol. The lowest BCUT2D eigenvalue weighted by molar-refractivity contribution is -0.127. The van der Waals surface area contributed by atoms with Gasteiger partial charge in [0.05, 0.1) is 45.8 Å². The van der Waals surface area contributed by atoms with Crippen molar-refractivity contribution in [1.29, 1.82) is 5.26 Å². The maximum Gasteiger partial charge on any atom is 0.227 e. The Hall–Kier alpha value is -4.19. The zero-order valence-electron chi connectivity index (χ0n) is 18.8. The molecule has 1 amide bonds. The molecule has 8 nitrogen and oxygen atoms in total. The van der Waals surface area contributed by atoms with Crippen LogP contribution in [0.15, 0.2) is 49.2 Å². The Morgan fingerprint density at radius 3 is 2.59 bits per heavy atom. The fourth-order valence-electron chi connectivity index (χ4n) is 3.76. The number of Topliss-reactive ketones (excluding diaryl/α,β-unsaturated/α-hetero) is 1. The third-order valence-corrected chi connectivity index (χ3v) is 5.92. The van der Waals surface area contributed by atoms with E-state index in [2.05, 4.69) is 31.7 Å². The smallest absolute Gasteiger partial charge is 0.227 e. The van der Waals surface area contributed by atoms with E-state index in [4.69, 9.17) is 0 Å². The summed E-state index contributed by atoms with van der Waals surface area (Å²) >= 11 is 0. The van der Waals surface area contributed by atoms with Gasteiger partial charge < -0.3 is 10.6 Å². The number of amides is 1. The Morgan fingerprint density at radius 2 is 1.94 bits per heavy atom. The normalized spacial score (nSPS) is 14.5. The number of carbonyl (C=O) groups is 2. The van der Waals surface area contributed by atoms with Gasteiger partial charge in [-0.15, -0.1) is 0 Å². The van der Waals surface area contributed by atoms with Gasteiger partial charge >= 0.3 is 0 Å². The third kappa shape index (κ3) is 4.91. The first-order chi connectivity index (χ1) is 16.3. The van der Waals surface area contributed by atoms with Crippen LogP contribution in [0.3, 0.4) is 0 Å². The standard InChI is InChI=1S/C25H23FN6O2/c1-15-3-4-21(17(7-15)10-27)32-19-8-20(26)23(30-13-19)16(2)31-24(34)25(5-6-25)9-22(33)18-11-28-14-29-12-18/h3-4,7-8,11-14,16,32H,5-6,9H2,1-2H3,(H,31,34). The largest absolute Gasteiger partial charge is 0.353 e. The van der Waals surface area contributed by atoms with Crippen LogP contribution in [0, 0.1) is 29.5 Å². The van der Waals surface area contributed by atoms with Crippen LogP contribution in [0.25, 0.3) is 0 Å². The SMILES string of the molecule is Cc1ccc(Nc2cnc(C(C)NC(=O)C3(CC(=O)c4cncnc4)CC3)c(F)c2)c(C#N)c1. The number of nitrogens with zero attached hydrogens (tertiary/aromatic N) is 4. The maximum absolute atomic E-state index is 14.9. The summed E-state index contributed by atoms with van der Waals surface area (Å²) in [4.78, 5) is 37.3. The van der Waals surface area contributed by atoms with Crippen molar-refractivity contribution in [1.82, 2.24) is 20.3 Å². The van der Waals surface area contributed by atoms with E-state index in [0.29, 0.717) is 35.3 Å². The molecule has 0 aliphatic heterocycles. The van der Waals surface area contributed by atoms with Gasteiger partial charge in [0.25, 0.3) is 0 Å². The van der Waals surface area contributed by atoms with Gasteiger partial charge in [0, 0.05) is 24.9 Å². The highest BCUT2D eigenvalue weighted by Crippen LogP contribution is 2.50. The van der Waals surface area contributed by atoms with E-state index in [1.165, 1.54) is 31.0 Å². The molecule has 1 aliphatic rings. The number of nitriles is 1. The number of ketones is 1. The number of nitrogens with one attached hydrogen (secondary N) is 2. The van der Waals surface area contributed by atoms with Gasteiger partial charge in [-0.3, -0.25) is 14.6 Å². The first kappa shape index (κ1) is 23.0. The van der Waals surface area contributed by atoms with Crippen LogP contribution in [-0.4, -0.2) is 26.6 Å². The molecule has 0 bridgehead atoms. The van der Waals surface area contributed by atoms with Gasteiger partial charge in [0.2, 0.25) is 5.91 Å². The van der Waals surface area contributed by atoms with Crippen molar-refractivity contribution in [3.63, 3.8) is 0 Å². The van der Waals surface area contributed by atoms with Crippen LogP contribution < -0.4 is 10.6 Å². The fraction of sp³-hybridized carbons (Fsp3) is 0.280. The fourth-order valence-corrected chi connectivity index (χ4v) is 3.76. The minimum atomic E-state index is -0.793. The highest BCUT2D eigenvalue weighted by molar-refractivity contribution is 6.00. The lowest BCUT2D eigenvalue weighted by Crippen LogP contribution is -2.36. The van der Waals surface area contributed by atoms with E-state index in [9.17, 15) is 19.2 Å². The first-order valence-corrected chi connectivity index (χ1v) is 10.8. The van der Waals surface area contributed by atoms with Crippen molar-refractivity contribution in [3.05, 3.63) is 77.4 Å². The molecule has 0 radical (unpaired) electrons. The van der Waals surface area contributed by atoms with Gasteiger partial charge in [-0.25, -0.2) is 14.4 Å². The molecule has 172 valence electrons. The molecule has 1 atom stereocenters. The van der Waals surface area contributed by atoms with Gasteiger partial charge in [0.15, 0.2) is 5.78 Å². The van der Waals surface area contributed by atoms with Gasteiger partial charge in [-0.2, -0.15) is 5.26 Å². The van der Waals surface area contributed by atoms with Crippen molar-refractivity contribution in [2.24, 2.45) is 5.41 Å². The van der Waals surface area contributed by atoms with Gasteiger partial charge in [-0.05, 0) is 44.4 Å². The summed E-state index contributed by atoms with van der Waals surface area (Å²) < 4.78 is 14.9. The van der Waals surface area contributed by atoms with Gasteiger partial charge in [0.1, 0.15) is 18.2 Å². The number of aromatic nitrogens is 3. The number of anilines is 2. The predicted molar refractivity (Wildman–Crippen MR) is 123 cm³/mol. The molecule has 1 aliphatic carbocycles. The number of halogens is 1. The highest BCUT2D eigenvalue weighted by Gasteiger charge is 2.51. The summed E-state index contributed by atoms with van der Waals surface area (Å²) in [6, 6.07) is 8.03. The molecule has 34 heavy (non-hydrogen) atoms. The predicted octanol–water partition coefficient (Wildman–Crippen LogP) is 4.16. The average Bonchev–Trinajstić information content (AvgIpc) is 3.61. The zero-order valence-corrected chi connectivity index (χ0v) is 18.8. The number of hydrogen-bond acceptors (Lipinski definition) is 7. The van der Waals surface area contributed by atoms with E-state index in [-0.39, 0.29) is 23.8 Å². The molecule has 1 saturated carbocycles. The molecule has 1 unspecified atom stereocenters. The van der Waals surface area contributed by atoms with E-state index in [1.54, 1.807) is 19.1 Å². The summed E-state index contributed by atoms with van der Waals surface area (Å²) in [6.07, 6.45) is 6.87. The Balaban J connectivity index is 1.42. The molecule has 4 rings (SSSR count). The molecular weight excluding hydrogens is 435 g/mol. The minimum absolute atomic E-state index is 0.0511. The van der Waals surface area contributed by atoms with Crippen LogP contribution in [0.1, 0.15) is 59.4 Å². The Bertz CT molecular complexity index is 1280. The van der Waals surface area contributed by atoms with Crippen LogP contribution in [0.2, 0.25) is 0 Å². The second kappa shape index (κ2) is 9.35. The third-order valence-electron chi connectivity index (χ3n) is 5.92. The van der Waals surface area contributed by atoms with E-state index >= 15 is 0 Å². The molecule has 1 aromatic carbocycles. The van der Waals surface area contributed by atoms with Crippen molar-refractivity contribution in [2.75, 3.05) is 5.32 Å². The molecule has 2 heterocycles. The second-order valence-electron chi connectivity index (χ2n) is 8.58. The van der Waals surface area contributed by atoms with Gasteiger partial charge in [-0.1, -0.05) is 6.07 Å². The Morgan fingerprint density at radius 1 is 1.21 bits per heavy atom. The maximum atomic E-state index is 14.9. The van der Waals surface area contributed by atoms with Crippen LogP contribution in [0.4, 0.5) is 15.8 Å². The molecule has 9 heteroatoms. The summed E-state index contributed by atoms with van der Waals surface area (Å²) in [5, 5.41) is 15.1. The number of pyridine rings is 1. The molecule has 2 aromatic heterocycles. The Labute approximate surface area is 196 Å². The minimum Gasteiger partial charge on any atom is -0.353 e. The van der Waals surface area contributed by atoms with E-state index in [0.717, 1.165) is 5.56 Å². The lowest BCUT2D eigenvalue weighted by atomic mass is 9.95. The molecule has 2 N–H and O–H groups in total. The number of benzene rings is 1. The van der Waals surface area contributed by atoms with Crippen LogP contribution in [-0.2, 0) is 4.79 Å². The molecule has 0 saturated heterocycles. The number of hydrogen-bond donors (Lipinski definition) is 2. The van der Waals surface area contributed by atoms with E-state index < -0.39 is 17.3 Å². The second-order valence-corrected chi connectivity index (χ2v) is 8.58. The first-order valence-electron chi connectivity index (χ1n) is 10.8. The topological polar surface area (TPSA) is 121 Å². The summed E-state index contributed by atoms with van der Waals surface area (Å²) in [6.45, 7) is 3.53. The highest BCUT2D eigenvalue weighted by atomic mass is 19.1. The number of rotatable bonds is 8. The lowest BCUT2D eigenvalue weighted by Gasteiger charge is -2.20. The summed E-state index contributed by atoms with van der Waals surface area (Å²) in [5.41, 5.74) is 1.97. The molecule has 1 fully saturated rings. The van der Waals surface area contributed by atoms with Crippen molar-refractivity contribution < 1.29 is 14.0 Å². The van der Waals surface area contributed by atoms with Crippen molar-refractivity contribution >= 4 is 23.1 Å². The molecule has 0 spiro atoms. The van der Waals surface area contributed by atoms with Crippen LogP contribution >= 0.6 is 0 Å². The monoisotopic (exact) mass is 458 g/mol.